The maximum Gasteiger partial charge on any atom is 0.277 e. The number of carbonyl (C=O) groups is 1. The van der Waals surface area contributed by atoms with Gasteiger partial charge in [0.1, 0.15) is 23.0 Å². The molecular weight excluding hydrogens is 446 g/mol. The van der Waals surface area contributed by atoms with Crippen LogP contribution < -0.4 is 19.7 Å². The molecule has 1 saturated heterocycles. The van der Waals surface area contributed by atoms with E-state index in [9.17, 15) is 4.79 Å². The van der Waals surface area contributed by atoms with Crippen LogP contribution >= 0.6 is 0 Å². The van der Waals surface area contributed by atoms with E-state index in [2.05, 4.69) is 35.3 Å². The Morgan fingerprint density at radius 3 is 2.37 bits per heavy atom. The van der Waals surface area contributed by atoms with Crippen molar-refractivity contribution in [1.29, 1.82) is 0 Å². The van der Waals surface area contributed by atoms with Crippen molar-refractivity contribution < 1.29 is 14.3 Å². The van der Waals surface area contributed by atoms with Gasteiger partial charge in [-0.3, -0.25) is 14.8 Å². The minimum absolute atomic E-state index is 0.262. The Labute approximate surface area is 204 Å². The second-order valence-corrected chi connectivity index (χ2v) is 8.97. The number of ether oxygens (including phenoxy) is 2. The summed E-state index contributed by atoms with van der Waals surface area (Å²) in [5.41, 5.74) is 2.26. The van der Waals surface area contributed by atoms with E-state index in [1.54, 1.807) is 20.4 Å². The predicted molar refractivity (Wildman–Crippen MR) is 132 cm³/mol. The maximum atomic E-state index is 12.6. The molecule has 5 rings (SSSR count). The van der Waals surface area contributed by atoms with Crippen molar-refractivity contribution in [2.45, 2.75) is 31.7 Å². The summed E-state index contributed by atoms with van der Waals surface area (Å²) >= 11 is 0. The molecule has 0 radical (unpaired) electrons. The van der Waals surface area contributed by atoms with Gasteiger partial charge in [-0.15, -0.1) is 0 Å². The van der Waals surface area contributed by atoms with E-state index in [0.29, 0.717) is 5.82 Å². The van der Waals surface area contributed by atoms with Crippen molar-refractivity contribution in [2.24, 2.45) is 0 Å². The third kappa shape index (κ3) is 5.71. The molecule has 184 valence electrons. The van der Waals surface area contributed by atoms with E-state index in [4.69, 9.17) is 9.47 Å². The van der Waals surface area contributed by atoms with Crippen LogP contribution in [-0.4, -0.2) is 77.4 Å². The van der Waals surface area contributed by atoms with Crippen LogP contribution in [0, 0.1) is 0 Å². The predicted octanol–water partition coefficient (Wildman–Crippen LogP) is 2.54. The number of aromatic amines is 1. The average Bonchev–Trinajstić information content (AvgIpc) is 3.67. The highest BCUT2D eigenvalue weighted by atomic mass is 16.5. The smallest absolute Gasteiger partial charge is 0.277 e. The number of anilines is 2. The zero-order valence-electron chi connectivity index (χ0n) is 20.2. The first-order chi connectivity index (χ1) is 17.1. The van der Waals surface area contributed by atoms with Crippen molar-refractivity contribution in [2.75, 3.05) is 50.6 Å². The Hall–Kier alpha value is -3.66. The Balaban J connectivity index is 1.13. The first-order valence-electron chi connectivity index (χ1n) is 12.0. The summed E-state index contributed by atoms with van der Waals surface area (Å²) < 4.78 is 10.7. The second kappa shape index (κ2) is 10.3. The first kappa shape index (κ1) is 23.1. The number of nitrogens with one attached hydrogen (secondary N) is 2. The largest absolute Gasteiger partial charge is 0.497 e. The molecule has 0 unspecified atom stereocenters. The lowest BCUT2D eigenvalue weighted by atomic mass is 10.1. The first-order valence-corrected chi connectivity index (χ1v) is 12.0. The zero-order chi connectivity index (χ0) is 24.2. The highest BCUT2D eigenvalue weighted by Crippen LogP contribution is 2.28. The fraction of sp³-hybridized carbons (Fsp3) is 0.440. The lowest BCUT2D eigenvalue weighted by Crippen LogP contribution is -2.47. The molecule has 0 bridgehead atoms. The van der Waals surface area contributed by atoms with Crippen LogP contribution in [0.5, 0.6) is 11.5 Å². The lowest BCUT2D eigenvalue weighted by molar-refractivity contribution is 0.102. The number of carbonyl (C=O) groups excluding carboxylic acids is 1. The van der Waals surface area contributed by atoms with Gasteiger partial charge in [-0.1, -0.05) is 0 Å². The van der Waals surface area contributed by atoms with Crippen molar-refractivity contribution in [3.05, 3.63) is 53.6 Å². The summed E-state index contributed by atoms with van der Waals surface area (Å²) in [5, 5.41) is 9.99. The molecule has 2 fully saturated rings. The van der Waals surface area contributed by atoms with Gasteiger partial charge in [0, 0.05) is 50.0 Å². The van der Waals surface area contributed by atoms with E-state index < -0.39 is 0 Å². The van der Waals surface area contributed by atoms with E-state index in [1.807, 2.05) is 24.3 Å². The summed E-state index contributed by atoms with van der Waals surface area (Å²) in [7, 11) is 3.27. The van der Waals surface area contributed by atoms with E-state index in [-0.39, 0.29) is 11.6 Å². The molecule has 1 saturated carbocycles. The fourth-order valence-electron chi connectivity index (χ4n) is 4.38. The number of piperazine rings is 1. The molecule has 2 N–H and O–H groups in total. The number of nitrogens with zero attached hydrogens (tertiary/aromatic N) is 5. The highest BCUT2D eigenvalue weighted by molar-refractivity contribution is 6.02. The topological polar surface area (TPSA) is 109 Å². The van der Waals surface area contributed by atoms with E-state index in [0.717, 1.165) is 73.6 Å². The van der Waals surface area contributed by atoms with Crippen molar-refractivity contribution in [1.82, 2.24) is 25.1 Å². The quantitative estimate of drug-likeness (QED) is 0.484. The molecule has 1 aromatic carbocycles. The number of methoxy groups -OCH3 is 2. The summed E-state index contributed by atoms with van der Waals surface area (Å²) in [5.74, 6) is 2.44. The average molecular weight is 478 g/mol. The van der Waals surface area contributed by atoms with Gasteiger partial charge in [-0.2, -0.15) is 5.10 Å². The summed E-state index contributed by atoms with van der Waals surface area (Å²) in [6, 6.07) is 8.43. The van der Waals surface area contributed by atoms with Gasteiger partial charge < -0.3 is 19.7 Å². The molecule has 2 aliphatic rings. The third-order valence-electron chi connectivity index (χ3n) is 6.54. The minimum atomic E-state index is -0.335. The van der Waals surface area contributed by atoms with Crippen LogP contribution in [-0.2, 0) is 12.8 Å². The normalized spacial score (nSPS) is 16.2. The summed E-state index contributed by atoms with van der Waals surface area (Å²) in [4.78, 5) is 26.2. The van der Waals surface area contributed by atoms with Crippen LogP contribution in [0.2, 0.25) is 0 Å². The van der Waals surface area contributed by atoms with Gasteiger partial charge in [0.2, 0.25) is 0 Å². The number of aromatic nitrogens is 4. The van der Waals surface area contributed by atoms with Gasteiger partial charge in [0.15, 0.2) is 5.82 Å². The Bertz CT molecular complexity index is 1130. The minimum Gasteiger partial charge on any atom is -0.497 e. The van der Waals surface area contributed by atoms with E-state index >= 15 is 0 Å². The van der Waals surface area contributed by atoms with Crippen LogP contribution in [0.3, 0.4) is 0 Å². The summed E-state index contributed by atoms with van der Waals surface area (Å²) in [6.07, 6.45) is 7.37. The Morgan fingerprint density at radius 2 is 1.74 bits per heavy atom. The zero-order valence-corrected chi connectivity index (χ0v) is 20.2. The molecule has 1 aliphatic carbocycles. The molecule has 0 atom stereocenters. The van der Waals surface area contributed by atoms with Gasteiger partial charge in [-0.25, -0.2) is 9.97 Å². The van der Waals surface area contributed by atoms with Crippen molar-refractivity contribution >= 4 is 17.5 Å². The number of hydrogen-bond donors (Lipinski definition) is 2. The van der Waals surface area contributed by atoms with Gasteiger partial charge in [0.25, 0.3) is 5.91 Å². The number of aryl methyl sites for hydroxylation is 2. The number of hydrogen-bond acceptors (Lipinski definition) is 8. The lowest BCUT2D eigenvalue weighted by Gasteiger charge is -2.35. The molecule has 10 heteroatoms. The molecule has 0 spiro atoms. The standard InChI is InChI=1S/C25H31N7O3/c1-34-20-11-17(12-21(14-20)35-2)3-4-18-13-23(30-29-18)28-25(33)22-15-27-24(16-26-22)32-9-7-31(8-10-32)19-5-6-19/h11-16,19H,3-10H2,1-2H3,(H2,28,29,30,33). The molecule has 1 amide bonds. The molecular formula is C25H31N7O3. The number of amides is 1. The molecule has 3 heterocycles. The second-order valence-electron chi connectivity index (χ2n) is 8.97. The van der Waals surface area contributed by atoms with Gasteiger partial charge >= 0.3 is 0 Å². The van der Waals surface area contributed by atoms with Gasteiger partial charge in [-0.05, 0) is 43.4 Å². The van der Waals surface area contributed by atoms with Gasteiger partial charge in [0.05, 0.1) is 26.6 Å². The molecule has 3 aromatic rings. The highest BCUT2D eigenvalue weighted by Gasteiger charge is 2.31. The van der Waals surface area contributed by atoms with E-state index in [1.165, 1.54) is 19.0 Å². The SMILES string of the molecule is COc1cc(CCc2cc(NC(=O)c3cnc(N4CCN(C5CC5)CC4)cn3)n[nH]2)cc(OC)c1. The fourth-order valence-corrected chi connectivity index (χ4v) is 4.38. The Kier molecular flexibility index (Phi) is 6.80. The van der Waals surface area contributed by atoms with Crippen LogP contribution in [0.25, 0.3) is 0 Å². The Morgan fingerprint density at radius 1 is 1.00 bits per heavy atom. The monoisotopic (exact) mass is 477 g/mol. The van der Waals surface area contributed by atoms with Crippen LogP contribution in [0.4, 0.5) is 11.6 Å². The molecule has 1 aliphatic heterocycles. The maximum absolute atomic E-state index is 12.6. The summed E-state index contributed by atoms with van der Waals surface area (Å²) in [6.45, 7) is 3.99. The number of H-pyrrole nitrogens is 1. The van der Waals surface area contributed by atoms with Crippen LogP contribution in [0.1, 0.15) is 34.6 Å². The molecule has 2 aromatic heterocycles. The molecule has 10 nitrogen and oxygen atoms in total. The number of rotatable bonds is 9. The molecule has 35 heavy (non-hydrogen) atoms. The van der Waals surface area contributed by atoms with Crippen molar-refractivity contribution in [3.63, 3.8) is 0 Å². The third-order valence-corrected chi connectivity index (χ3v) is 6.54. The van der Waals surface area contributed by atoms with Crippen molar-refractivity contribution in [3.8, 4) is 11.5 Å². The van der Waals surface area contributed by atoms with Crippen LogP contribution in [0.15, 0.2) is 36.7 Å². The number of benzene rings is 1.